The summed E-state index contributed by atoms with van der Waals surface area (Å²) in [7, 11) is 1.72. The predicted molar refractivity (Wildman–Crippen MR) is 75.3 cm³/mol. The maximum Gasteiger partial charge on any atom is 0.298 e. The van der Waals surface area contributed by atoms with Crippen LogP contribution in [0.4, 0.5) is 0 Å². The molecular formula is C13H18NOS2+. The van der Waals surface area contributed by atoms with Crippen molar-refractivity contribution in [2.75, 3.05) is 13.4 Å². The van der Waals surface area contributed by atoms with Crippen molar-refractivity contribution in [1.82, 2.24) is 0 Å². The Morgan fingerprint density at radius 3 is 2.88 bits per heavy atom. The zero-order valence-corrected chi connectivity index (χ0v) is 12.2. The van der Waals surface area contributed by atoms with Gasteiger partial charge >= 0.3 is 0 Å². The van der Waals surface area contributed by atoms with Gasteiger partial charge in [-0.1, -0.05) is 24.7 Å². The number of aromatic nitrogens is 1. The number of hydrogen-bond donors (Lipinski definition) is 0. The molecule has 92 valence electrons. The van der Waals surface area contributed by atoms with Crippen LogP contribution in [0.15, 0.2) is 22.5 Å². The second-order valence-electron chi connectivity index (χ2n) is 3.91. The Hall–Kier alpha value is -0.740. The maximum atomic E-state index is 5.31. The van der Waals surface area contributed by atoms with E-state index in [-0.39, 0.29) is 0 Å². The molecule has 4 heteroatoms. The van der Waals surface area contributed by atoms with Gasteiger partial charge in [-0.3, -0.25) is 0 Å². The zero-order chi connectivity index (χ0) is 12.3. The lowest BCUT2D eigenvalue weighted by molar-refractivity contribution is -0.702. The van der Waals surface area contributed by atoms with Crippen LogP contribution in [0.25, 0.3) is 10.2 Å². The second-order valence-corrected chi connectivity index (χ2v) is 5.99. The van der Waals surface area contributed by atoms with Crippen molar-refractivity contribution in [3.8, 4) is 5.75 Å². The molecule has 2 aromatic rings. The summed E-state index contributed by atoms with van der Waals surface area (Å²) in [6.45, 7) is 3.33. The summed E-state index contributed by atoms with van der Waals surface area (Å²) in [5.74, 6) is 0.938. The Balaban J connectivity index is 2.50. The van der Waals surface area contributed by atoms with Crippen LogP contribution in [0.3, 0.4) is 0 Å². The van der Waals surface area contributed by atoms with Gasteiger partial charge in [0.25, 0.3) is 4.34 Å². The van der Waals surface area contributed by atoms with E-state index in [1.54, 1.807) is 7.11 Å². The van der Waals surface area contributed by atoms with E-state index in [0.717, 1.165) is 12.3 Å². The van der Waals surface area contributed by atoms with E-state index in [1.807, 2.05) is 29.2 Å². The van der Waals surface area contributed by atoms with Gasteiger partial charge in [-0.05, 0) is 30.2 Å². The molecule has 0 N–H and O–H groups in total. The first-order chi connectivity index (χ1) is 8.30. The number of benzene rings is 1. The minimum atomic E-state index is 0.938. The van der Waals surface area contributed by atoms with Crippen molar-refractivity contribution in [2.24, 2.45) is 0 Å². The van der Waals surface area contributed by atoms with Gasteiger partial charge in [0.15, 0.2) is 6.54 Å². The lowest BCUT2D eigenvalue weighted by atomic mass is 10.3. The van der Waals surface area contributed by atoms with E-state index >= 15 is 0 Å². The smallest absolute Gasteiger partial charge is 0.298 e. The molecular weight excluding hydrogens is 250 g/mol. The second kappa shape index (κ2) is 5.74. The molecule has 0 aliphatic rings. The van der Waals surface area contributed by atoms with Gasteiger partial charge in [-0.2, -0.15) is 4.57 Å². The summed E-state index contributed by atoms with van der Waals surface area (Å²) < 4.78 is 10.4. The normalized spacial score (nSPS) is 11.0. The van der Waals surface area contributed by atoms with Crippen LogP contribution >= 0.6 is 23.1 Å². The minimum absolute atomic E-state index is 0.938. The lowest BCUT2D eigenvalue weighted by Crippen LogP contribution is -2.34. The van der Waals surface area contributed by atoms with Gasteiger partial charge in [0.2, 0.25) is 5.52 Å². The average Bonchev–Trinajstić information content (AvgIpc) is 2.73. The largest absolute Gasteiger partial charge is 0.497 e. The topological polar surface area (TPSA) is 13.1 Å². The molecule has 0 aliphatic heterocycles. The zero-order valence-electron chi connectivity index (χ0n) is 10.5. The molecule has 1 aromatic carbocycles. The number of aryl methyl sites for hydroxylation is 1. The fourth-order valence-electron chi connectivity index (χ4n) is 1.85. The first kappa shape index (κ1) is 12.7. The lowest BCUT2D eigenvalue weighted by Gasteiger charge is -1.98. The summed E-state index contributed by atoms with van der Waals surface area (Å²) >= 11 is 3.69. The van der Waals surface area contributed by atoms with E-state index in [4.69, 9.17) is 4.74 Å². The molecule has 0 unspecified atom stereocenters. The van der Waals surface area contributed by atoms with E-state index in [0.29, 0.717) is 0 Å². The summed E-state index contributed by atoms with van der Waals surface area (Å²) in [5, 5.41) is 0. The molecule has 17 heavy (non-hydrogen) atoms. The van der Waals surface area contributed by atoms with Crippen LogP contribution in [0.1, 0.15) is 19.8 Å². The van der Waals surface area contributed by atoms with Gasteiger partial charge in [-0.25, -0.2) is 0 Å². The molecule has 0 aliphatic carbocycles. The van der Waals surface area contributed by atoms with E-state index in [9.17, 15) is 0 Å². The van der Waals surface area contributed by atoms with Gasteiger partial charge in [0.1, 0.15) is 10.4 Å². The van der Waals surface area contributed by atoms with Crippen molar-refractivity contribution < 1.29 is 9.30 Å². The molecule has 2 rings (SSSR count). The minimum Gasteiger partial charge on any atom is -0.497 e. The monoisotopic (exact) mass is 268 g/mol. The van der Waals surface area contributed by atoms with Crippen LogP contribution in [-0.2, 0) is 6.54 Å². The Morgan fingerprint density at radius 2 is 2.24 bits per heavy atom. The van der Waals surface area contributed by atoms with E-state index in [2.05, 4.69) is 29.9 Å². The average molecular weight is 268 g/mol. The molecule has 1 heterocycles. The third-order valence-corrected chi connectivity index (χ3v) is 5.06. The molecule has 0 amide bonds. The molecule has 1 aromatic heterocycles. The summed E-state index contributed by atoms with van der Waals surface area (Å²) in [6.07, 6.45) is 4.59. The van der Waals surface area contributed by atoms with E-state index in [1.165, 1.54) is 27.4 Å². The van der Waals surface area contributed by atoms with Gasteiger partial charge in [-0.15, -0.1) is 0 Å². The number of nitrogens with zero attached hydrogens (tertiary/aromatic N) is 1. The number of hydrogen-bond acceptors (Lipinski definition) is 3. The van der Waals surface area contributed by atoms with Crippen molar-refractivity contribution in [3.63, 3.8) is 0 Å². The number of rotatable bonds is 5. The Labute approximate surface area is 111 Å². The number of fused-ring (bicyclic) bond motifs is 1. The number of methoxy groups -OCH3 is 1. The molecule has 0 saturated carbocycles. The van der Waals surface area contributed by atoms with Crippen molar-refractivity contribution in [3.05, 3.63) is 18.2 Å². The number of thioether (sulfide) groups is 1. The fourth-order valence-corrected chi connectivity index (χ4v) is 3.76. The van der Waals surface area contributed by atoms with Gasteiger partial charge in [0.05, 0.1) is 13.2 Å². The van der Waals surface area contributed by atoms with Crippen molar-refractivity contribution in [2.45, 2.75) is 30.6 Å². The summed E-state index contributed by atoms with van der Waals surface area (Å²) in [5.41, 5.74) is 1.30. The highest BCUT2D eigenvalue weighted by Gasteiger charge is 2.19. The fraction of sp³-hybridized carbons (Fsp3) is 0.462. The Bertz CT molecular complexity index is 507. The molecule has 2 nitrogen and oxygen atoms in total. The van der Waals surface area contributed by atoms with Crippen molar-refractivity contribution >= 4 is 33.3 Å². The maximum absolute atomic E-state index is 5.31. The molecule has 0 fully saturated rings. The first-order valence-corrected chi connectivity index (χ1v) is 7.88. The molecule has 0 atom stereocenters. The molecule has 0 radical (unpaired) electrons. The van der Waals surface area contributed by atoms with Crippen molar-refractivity contribution in [1.29, 1.82) is 0 Å². The van der Waals surface area contributed by atoms with Crippen LogP contribution in [-0.4, -0.2) is 13.4 Å². The highest BCUT2D eigenvalue weighted by Crippen LogP contribution is 2.29. The predicted octanol–water partition coefficient (Wildman–Crippen LogP) is 3.72. The SMILES string of the molecule is CCCC[n+]1c(SC)sc2ccc(OC)cc21. The quantitative estimate of drug-likeness (QED) is 0.605. The third-order valence-electron chi connectivity index (χ3n) is 2.78. The van der Waals surface area contributed by atoms with E-state index < -0.39 is 0 Å². The van der Waals surface area contributed by atoms with Crippen LogP contribution in [0.5, 0.6) is 5.75 Å². The first-order valence-electron chi connectivity index (χ1n) is 5.84. The number of thiazole rings is 1. The highest BCUT2D eigenvalue weighted by molar-refractivity contribution is 8.00. The van der Waals surface area contributed by atoms with Crippen LogP contribution < -0.4 is 9.30 Å². The summed E-state index contributed by atoms with van der Waals surface area (Å²) in [6, 6.07) is 6.33. The summed E-state index contributed by atoms with van der Waals surface area (Å²) in [4.78, 5) is 0. The van der Waals surface area contributed by atoms with Gasteiger partial charge < -0.3 is 4.74 Å². The number of unbranched alkanes of at least 4 members (excludes halogenated alkanes) is 1. The Kier molecular flexibility index (Phi) is 4.29. The number of ether oxygens (including phenoxy) is 1. The molecule has 0 saturated heterocycles. The third kappa shape index (κ3) is 2.58. The molecule has 0 bridgehead atoms. The van der Waals surface area contributed by atoms with Gasteiger partial charge in [0, 0.05) is 6.42 Å². The Morgan fingerprint density at radius 1 is 1.41 bits per heavy atom. The van der Waals surface area contributed by atoms with Crippen LogP contribution in [0, 0.1) is 0 Å². The molecule has 0 spiro atoms. The highest BCUT2D eigenvalue weighted by atomic mass is 32.2. The standard InChI is InChI=1S/C13H18NOS2/c1-4-5-8-14-11-9-10(15-2)6-7-12(11)17-13(14)16-3/h6-7,9H,4-5,8H2,1-3H3/q+1. The van der Waals surface area contributed by atoms with Crippen LogP contribution in [0.2, 0.25) is 0 Å².